The molecule has 3 rings (SSSR count). The van der Waals surface area contributed by atoms with E-state index in [1.165, 1.54) is 17.8 Å². The number of likely N-dealkylation sites (N-methyl/N-ethyl adjacent to an activating group) is 1. The summed E-state index contributed by atoms with van der Waals surface area (Å²) in [4.78, 5) is 30.0. The van der Waals surface area contributed by atoms with E-state index in [9.17, 15) is 9.59 Å². The molecular formula is C17H26N4O2S. The molecule has 1 fully saturated rings. The molecule has 0 aromatic carbocycles. The van der Waals surface area contributed by atoms with Crippen LogP contribution in [0.15, 0.2) is 0 Å². The molecule has 1 aromatic heterocycles. The number of likely N-dealkylation sites (tertiary alicyclic amines) is 1. The second-order valence-corrected chi connectivity index (χ2v) is 7.68. The molecule has 2 aliphatic heterocycles. The normalized spacial score (nSPS) is 19.0. The van der Waals surface area contributed by atoms with Crippen LogP contribution in [0.4, 0.5) is 5.00 Å². The maximum absolute atomic E-state index is 12.4. The number of rotatable bonds is 5. The molecule has 24 heavy (non-hydrogen) atoms. The van der Waals surface area contributed by atoms with Gasteiger partial charge in [-0.15, -0.1) is 11.3 Å². The number of nitrogens with zero attached hydrogens (tertiary/aromatic N) is 2. The Morgan fingerprint density at radius 2 is 1.92 bits per heavy atom. The number of hydrogen-bond donors (Lipinski definition) is 2. The first kappa shape index (κ1) is 17.4. The highest BCUT2D eigenvalue weighted by Gasteiger charge is 2.27. The quantitative estimate of drug-likeness (QED) is 0.846. The van der Waals surface area contributed by atoms with Crippen molar-refractivity contribution in [2.24, 2.45) is 5.73 Å². The minimum absolute atomic E-state index is 0.0506. The summed E-state index contributed by atoms with van der Waals surface area (Å²) in [6.45, 7) is 7.22. The van der Waals surface area contributed by atoms with Crippen LogP contribution < -0.4 is 11.1 Å². The molecule has 2 amide bonds. The third-order valence-electron chi connectivity index (χ3n) is 4.90. The number of fused-ring (bicyclic) bond motifs is 1. The van der Waals surface area contributed by atoms with Gasteiger partial charge in [0, 0.05) is 18.0 Å². The molecule has 132 valence electrons. The van der Waals surface area contributed by atoms with Gasteiger partial charge in [0.25, 0.3) is 5.91 Å². The van der Waals surface area contributed by atoms with Gasteiger partial charge in [0.1, 0.15) is 5.00 Å². The number of anilines is 1. The highest BCUT2D eigenvalue weighted by Crippen LogP contribution is 2.36. The van der Waals surface area contributed by atoms with Crippen LogP contribution in [0, 0.1) is 0 Å². The average Bonchev–Trinajstić information content (AvgIpc) is 2.92. The zero-order valence-electron chi connectivity index (χ0n) is 14.3. The molecule has 2 aliphatic rings. The van der Waals surface area contributed by atoms with Crippen molar-refractivity contribution in [3.63, 3.8) is 0 Å². The summed E-state index contributed by atoms with van der Waals surface area (Å²) in [5, 5.41) is 3.58. The zero-order chi connectivity index (χ0) is 17.1. The summed E-state index contributed by atoms with van der Waals surface area (Å²) < 4.78 is 0. The second-order valence-electron chi connectivity index (χ2n) is 6.58. The topological polar surface area (TPSA) is 78.7 Å². The summed E-state index contributed by atoms with van der Waals surface area (Å²) in [5.74, 6) is -0.490. The fourth-order valence-electron chi connectivity index (χ4n) is 3.56. The van der Waals surface area contributed by atoms with Crippen LogP contribution in [-0.2, 0) is 17.8 Å². The molecule has 3 heterocycles. The highest BCUT2D eigenvalue weighted by atomic mass is 32.1. The number of nitrogens with one attached hydrogen (secondary N) is 1. The van der Waals surface area contributed by atoms with E-state index in [1.54, 1.807) is 0 Å². The monoisotopic (exact) mass is 350 g/mol. The molecule has 0 atom stereocenters. The van der Waals surface area contributed by atoms with E-state index >= 15 is 0 Å². The summed E-state index contributed by atoms with van der Waals surface area (Å²) in [6.07, 6.45) is 4.37. The highest BCUT2D eigenvalue weighted by molar-refractivity contribution is 7.17. The number of thiophene rings is 1. The van der Waals surface area contributed by atoms with Gasteiger partial charge in [0.05, 0.1) is 12.1 Å². The number of carbonyl (C=O) groups is 2. The Hall–Kier alpha value is -1.44. The predicted octanol–water partition coefficient (Wildman–Crippen LogP) is 1.65. The summed E-state index contributed by atoms with van der Waals surface area (Å²) >= 11 is 1.51. The van der Waals surface area contributed by atoms with E-state index in [-0.39, 0.29) is 5.91 Å². The molecule has 0 radical (unpaired) electrons. The van der Waals surface area contributed by atoms with Crippen molar-refractivity contribution < 1.29 is 9.59 Å². The second kappa shape index (κ2) is 7.63. The van der Waals surface area contributed by atoms with Crippen LogP contribution in [0.1, 0.15) is 47.0 Å². The van der Waals surface area contributed by atoms with Gasteiger partial charge in [0.2, 0.25) is 5.91 Å². The maximum atomic E-state index is 12.4. The first-order valence-electron chi connectivity index (χ1n) is 8.77. The van der Waals surface area contributed by atoms with Gasteiger partial charge in [0.15, 0.2) is 0 Å². The van der Waals surface area contributed by atoms with Gasteiger partial charge >= 0.3 is 0 Å². The molecule has 0 bridgehead atoms. The van der Waals surface area contributed by atoms with Crippen molar-refractivity contribution >= 4 is 28.2 Å². The molecule has 0 aliphatic carbocycles. The fraction of sp³-hybridized carbons (Fsp3) is 0.647. The first-order chi connectivity index (χ1) is 11.6. The van der Waals surface area contributed by atoms with E-state index < -0.39 is 5.91 Å². The Labute approximate surface area is 147 Å². The van der Waals surface area contributed by atoms with Crippen molar-refractivity contribution in [2.45, 2.75) is 39.2 Å². The Balaban J connectivity index is 1.73. The Morgan fingerprint density at radius 3 is 2.58 bits per heavy atom. The lowest BCUT2D eigenvalue weighted by molar-refractivity contribution is -0.117. The summed E-state index contributed by atoms with van der Waals surface area (Å²) in [6, 6.07) is 0. The lowest BCUT2D eigenvalue weighted by Crippen LogP contribution is -2.37. The number of primary amides is 1. The molecular weight excluding hydrogens is 324 g/mol. The van der Waals surface area contributed by atoms with Gasteiger partial charge in [-0.2, -0.15) is 0 Å². The number of piperidine rings is 1. The molecule has 0 unspecified atom stereocenters. The van der Waals surface area contributed by atoms with Crippen molar-refractivity contribution in [3.05, 3.63) is 16.0 Å². The van der Waals surface area contributed by atoms with Gasteiger partial charge in [-0.25, -0.2) is 0 Å². The van der Waals surface area contributed by atoms with E-state index in [4.69, 9.17) is 5.73 Å². The lowest BCUT2D eigenvalue weighted by atomic mass is 10.0. The van der Waals surface area contributed by atoms with E-state index in [0.29, 0.717) is 17.1 Å². The molecule has 6 nitrogen and oxygen atoms in total. The van der Waals surface area contributed by atoms with Gasteiger partial charge in [-0.05, 0) is 44.5 Å². The average molecular weight is 350 g/mol. The van der Waals surface area contributed by atoms with Crippen molar-refractivity contribution in [3.8, 4) is 0 Å². The third kappa shape index (κ3) is 3.79. The van der Waals surface area contributed by atoms with E-state index in [2.05, 4.69) is 22.0 Å². The van der Waals surface area contributed by atoms with Crippen LogP contribution in [0.3, 0.4) is 0 Å². The number of amides is 2. The van der Waals surface area contributed by atoms with Crippen molar-refractivity contribution in [1.82, 2.24) is 9.80 Å². The van der Waals surface area contributed by atoms with E-state index in [0.717, 1.165) is 62.4 Å². The maximum Gasteiger partial charge on any atom is 0.251 e. The summed E-state index contributed by atoms with van der Waals surface area (Å²) in [5.41, 5.74) is 7.16. The van der Waals surface area contributed by atoms with E-state index in [1.807, 2.05) is 0 Å². The third-order valence-corrected chi connectivity index (χ3v) is 6.03. The van der Waals surface area contributed by atoms with Crippen LogP contribution in [0.5, 0.6) is 0 Å². The van der Waals surface area contributed by atoms with Crippen LogP contribution in [0.2, 0.25) is 0 Å². The number of nitrogens with two attached hydrogens (primary N) is 1. The Bertz CT molecular complexity index is 622. The minimum Gasteiger partial charge on any atom is -0.365 e. The van der Waals surface area contributed by atoms with Gasteiger partial charge < -0.3 is 11.1 Å². The zero-order valence-corrected chi connectivity index (χ0v) is 15.1. The van der Waals surface area contributed by atoms with Crippen LogP contribution >= 0.6 is 11.3 Å². The standard InChI is InChI=1S/C17H26N4O2S/c1-2-20-9-6-12-13(10-20)24-17(15(12)16(18)23)19-14(22)11-21-7-4-3-5-8-21/h2-11H2,1H3,(H2,18,23)(H,19,22). The van der Waals surface area contributed by atoms with Crippen molar-refractivity contribution in [2.75, 3.05) is 38.0 Å². The van der Waals surface area contributed by atoms with Crippen LogP contribution in [0.25, 0.3) is 0 Å². The number of carbonyl (C=O) groups excluding carboxylic acids is 2. The predicted molar refractivity (Wildman–Crippen MR) is 96.4 cm³/mol. The first-order valence-corrected chi connectivity index (χ1v) is 9.59. The van der Waals surface area contributed by atoms with Crippen molar-refractivity contribution in [1.29, 1.82) is 0 Å². The smallest absolute Gasteiger partial charge is 0.251 e. The molecule has 7 heteroatoms. The molecule has 0 spiro atoms. The molecule has 0 saturated carbocycles. The van der Waals surface area contributed by atoms with Gasteiger partial charge in [-0.1, -0.05) is 13.3 Å². The number of hydrogen-bond acceptors (Lipinski definition) is 5. The minimum atomic E-state index is -0.439. The molecule has 1 saturated heterocycles. The largest absolute Gasteiger partial charge is 0.365 e. The van der Waals surface area contributed by atoms with Crippen LogP contribution in [-0.4, -0.2) is 54.3 Å². The fourth-order valence-corrected chi connectivity index (χ4v) is 4.87. The Kier molecular flexibility index (Phi) is 5.53. The van der Waals surface area contributed by atoms with Gasteiger partial charge in [-0.3, -0.25) is 19.4 Å². The Morgan fingerprint density at radius 1 is 1.17 bits per heavy atom. The SMILES string of the molecule is CCN1CCc2c(sc(NC(=O)CN3CCCCC3)c2C(N)=O)C1. The molecule has 3 N–H and O–H groups in total. The molecule has 1 aromatic rings. The lowest BCUT2D eigenvalue weighted by Gasteiger charge is -2.25. The summed E-state index contributed by atoms with van der Waals surface area (Å²) in [7, 11) is 0.